The number of hydrogen-bond acceptors (Lipinski definition) is 4. The minimum absolute atomic E-state index is 0.0161. The average molecular weight is 330 g/mol. The third-order valence-electron chi connectivity index (χ3n) is 4.85. The highest BCUT2D eigenvalue weighted by molar-refractivity contribution is 5.76. The minimum atomic E-state index is -0.253. The molecule has 0 bridgehead atoms. The first-order chi connectivity index (χ1) is 11.7. The summed E-state index contributed by atoms with van der Waals surface area (Å²) in [6.45, 7) is 1.76. The van der Waals surface area contributed by atoms with Gasteiger partial charge in [-0.25, -0.2) is 9.07 Å². The number of hydrogen-bond donors (Lipinski definition) is 0. The summed E-state index contributed by atoms with van der Waals surface area (Å²) in [6.07, 6.45) is 3.30. The SMILES string of the molecule is O=C(CCc1ccccc1F)N1CC[C@@H]2OCc3cnnn3[C@@H]2C1. The summed E-state index contributed by atoms with van der Waals surface area (Å²) in [5.41, 5.74) is 1.53. The number of fused-ring (bicyclic) bond motifs is 3. The minimum Gasteiger partial charge on any atom is -0.370 e. The van der Waals surface area contributed by atoms with Gasteiger partial charge in [-0.2, -0.15) is 0 Å². The van der Waals surface area contributed by atoms with E-state index in [0.29, 0.717) is 38.1 Å². The van der Waals surface area contributed by atoms with E-state index in [4.69, 9.17) is 4.74 Å². The number of rotatable bonds is 3. The van der Waals surface area contributed by atoms with Gasteiger partial charge in [0.2, 0.25) is 5.91 Å². The monoisotopic (exact) mass is 330 g/mol. The molecular weight excluding hydrogens is 311 g/mol. The van der Waals surface area contributed by atoms with Crippen molar-refractivity contribution < 1.29 is 13.9 Å². The summed E-state index contributed by atoms with van der Waals surface area (Å²) in [5, 5.41) is 8.08. The highest BCUT2D eigenvalue weighted by Crippen LogP contribution is 2.30. The normalized spacial score (nSPS) is 22.8. The molecule has 2 atom stereocenters. The van der Waals surface area contributed by atoms with Gasteiger partial charge in [0.1, 0.15) is 5.82 Å². The molecule has 126 valence electrons. The number of aryl methyl sites for hydroxylation is 1. The van der Waals surface area contributed by atoms with Crippen LogP contribution in [0, 0.1) is 5.82 Å². The number of benzene rings is 1. The van der Waals surface area contributed by atoms with Crippen LogP contribution in [0.1, 0.15) is 30.1 Å². The zero-order chi connectivity index (χ0) is 16.5. The molecule has 1 fully saturated rings. The number of likely N-dealkylation sites (tertiary alicyclic amines) is 1. The molecule has 2 aliphatic heterocycles. The molecule has 0 saturated carbocycles. The molecule has 3 heterocycles. The number of nitrogens with zero attached hydrogens (tertiary/aromatic N) is 4. The molecule has 0 radical (unpaired) electrons. The van der Waals surface area contributed by atoms with Gasteiger partial charge in [0.15, 0.2) is 0 Å². The number of halogens is 1. The van der Waals surface area contributed by atoms with Crippen LogP contribution >= 0.6 is 0 Å². The van der Waals surface area contributed by atoms with E-state index in [-0.39, 0.29) is 23.9 Å². The number of piperidine rings is 1. The van der Waals surface area contributed by atoms with Crippen molar-refractivity contribution in [3.05, 3.63) is 47.5 Å². The second-order valence-electron chi connectivity index (χ2n) is 6.31. The van der Waals surface area contributed by atoms with Crippen LogP contribution in [0.15, 0.2) is 30.5 Å². The second kappa shape index (κ2) is 6.32. The maximum absolute atomic E-state index is 13.7. The van der Waals surface area contributed by atoms with E-state index in [1.165, 1.54) is 6.07 Å². The van der Waals surface area contributed by atoms with E-state index in [1.54, 1.807) is 24.4 Å². The molecule has 0 spiro atoms. The first-order valence-electron chi connectivity index (χ1n) is 8.24. The van der Waals surface area contributed by atoms with Crippen LogP contribution in [0.3, 0.4) is 0 Å². The Morgan fingerprint density at radius 2 is 2.25 bits per heavy atom. The summed E-state index contributed by atoms with van der Waals surface area (Å²) in [7, 11) is 0. The van der Waals surface area contributed by atoms with Crippen LogP contribution in [0.2, 0.25) is 0 Å². The molecule has 1 amide bonds. The number of aromatic nitrogens is 3. The van der Waals surface area contributed by atoms with Crippen LogP contribution in [-0.4, -0.2) is 45.0 Å². The smallest absolute Gasteiger partial charge is 0.222 e. The van der Waals surface area contributed by atoms with Crippen molar-refractivity contribution in [3.8, 4) is 0 Å². The van der Waals surface area contributed by atoms with Gasteiger partial charge in [0.05, 0.1) is 30.6 Å². The molecule has 1 saturated heterocycles. The van der Waals surface area contributed by atoms with Crippen LogP contribution in [0.4, 0.5) is 4.39 Å². The maximum Gasteiger partial charge on any atom is 0.222 e. The largest absolute Gasteiger partial charge is 0.370 e. The molecule has 0 aliphatic carbocycles. The molecule has 24 heavy (non-hydrogen) atoms. The molecule has 6 nitrogen and oxygen atoms in total. The van der Waals surface area contributed by atoms with E-state index in [1.807, 2.05) is 9.58 Å². The van der Waals surface area contributed by atoms with E-state index in [0.717, 1.165) is 12.1 Å². The Kier molecular flexibility index (Phi) is 4.02. The lowest BCUT2D eigenvalue weighted by molar-refractivity contribution is -0.138. The van der Waals surface area contributed by atoms with Crippen molar-refractivity contribution in [1.29, 1.82) is 0 Å². The van der Waals surface area contributed by atoms with E-state index in [2.05, 4.69) is 10.3 Å². The Morgan fingerprint density at radius 3 is 3.12 bits per heavy atom. The molecule has 0 N–H and O–H groups in total. The zero-order valence-electron chi connectivity index (χ0n) is 13.3. The molecule has 7 heteroatoms. The van der Waals surface area contributed by atoms with Gasteiger partial charge in [-0.15, -0.1) is 5.10 Å². The highest BCUT2D eigenvalue weighted by Gasteiger charge is 2.37. The van der Waals surface area contributed by atoms with E-state index >= 15 is 0 Å². The first-order valence-corrected chi connectivity index (χ1v) is 8.24. The lowest BCUT2D eigenvalue weighted by Crippen LogP contribution is -2.49. The van der Waals surface area contributed by atoms with Crippen molar-refractivity contribution in [2.75, 3.05) is 13.1 Å². The van der Waals surface area contributed by atoms with Gasteiger partial charge >= 0.3 is 0 Å². The first kappa shape index (κ1) is 15.3. The fourth-order valence-corrected chi connectivity index (χ4v) is 3.51. The number of ether oxygens (including phenoxy) is 1. The van der Waals surface area contributed by atoms with Gasteiger partial charge in [-0.05, 0) is 24.5 Å². The highest BCUT2D eigenvalue weighted by atomic mass is 19.1. The summed E-state index contributed by atoms with van der Waals surface area (Å²) >= 11 is 0. The van der Waals surface area contributed by atoms with Gasteiger partial charge in [0, 0.05) is 19.5 Å². The average Bonchev–Trinajstić information content (AvgIpc) is 3.09. The number of carbonyl (C=O) groups is 1. The van der Waals surface area contributed by atoms with Gasteiger partial charge in [0.25, 0.3) is 0 Å². The van der Waals surface area contributed by atoms with Crippen molar-refractivity contribution in [1.82, 2.24) is 19.9 Å². The topological polar surface area (TPSA) is 60.3 Å². The summed E-state index contributed by atoms with van der Waals surface area (Å²) < 4.78 is 21.4. The molecular formula is C17H19FN4O2. The van der Waals surface area contributed by atoms with Crippen LogP contribution in [0.25, 0.3) is 0 Å². The summed E-state index contributed by atoms with van der Waals surface area (Å²) in [5.74, 6) is -0.208. The van der Waals surface area contributed by atoms with Crippen molar-refractivity contribution in [3.63, 3.8) is 0 Å². The molecule has 1 aromatic carbocycles. The molecule has 2 aliphatic rings. The summed E-state index contributed by atoms with van der Waals surface area (Å²) in [4.78, 5) is 14.4. The van der Waals surface area contributed by atoms with Crippen LogP contribution in [0.5, 0.6) is 0 Å². The van der Waals surface area contributed by atoms with Gasteiger partial charge in [-0.3, -0.25) is 4.79 Å². The van der Waals surface area contributed by atoms with Crippen LogP contribution < -0.4 is 0 Å². The predicted molar refractivity (Wildman–Crippen MR) is 83.6 cm³/mol. The molecule has 1 aromatic heterocycles. The van der Waals surface area contributed by atoms with Crippen molar-refractivity contribution in [2.45, 2.75) is 38.0 Å². The van der Waals surface area contributed by atoms with Crippen molar-refractivity contribution in [2.24, 2.45) is 0 Å². The van der Waals surface area contributed by atoms with E-state index < -0.39 is 0 Å². The number of carbonyl (C=O) groups excluding carboxylic acids is 1. The molecule has 4 rings (SSSR count). The fraction of sp³-hybridized carbons (Fsp3) is 0.471. The zero-order valence-corrected chi connectivity index (χ0v) is 13.3. The Balaban J connectivity index is 1.41. The number of amides is 1. The lowest BCUT2D eigenvalue weighted by Gasteiger charge is -2.41. The van der Waals surface area contributed by atoms with Crippen molar-refractivity contribution >= 4 is 5.91 Å². The Morgan fingerprint density at radius 1 is 1.38 bits per heavy atom. The lowest BCUT2D eigenvalue weighted by atomic mass is 9.99. The molecule has 0 unspecified atom stereocenters. The van der Waals surface area contributed by atoms with Gasteiger partial charge in [-0.1, -0.05) is 23.4 Å². The third-order valence-corrected chi connectivity index (χ3v) is 4.85. The standard InChI is InChI=1S/C17H19FN4O2/c18-14-4-2-1-3-12(14)5-6-17(23)21-8-7-16-15(10-21)22-13(11-24-16)9-19-20-22/h1-4,9,15-16H,5-8,10-11H2/t15-,16+/m1/s1. The maximum atomic E-state index is 13.7. The summed E-state index contributed by atoms with van der Waals surface area (Å²) in [6, 6.07) is 6.62. The predicted octanol–water partition coefficient (Wildman–Crippen LogP) is 1.72. The third kappa shape index (κ3) is 2.80. The Labute approximate surface area is 139 Å². The molecule has 2 aromatic rings. The second-order valence-corrected chi connectivity index (χ2v) is 6.31. The fourth-order valence-electron chi connectivity index (χ4n) is 3.51. The quantitative estimate of drug-likeness (QED) is 0.860. The Hall–Kier alpha value is -2.28. The van der Waals surface area contributed by atoms with Crippen LogP contribution in [-0.2, 0) is 22.6 Å². The van der Waals surface area contributed by atoms with E-state index in [9.17, 15) is 9.18 Å². The Bertz CT molecular complexity index is 748. The van der Waals surface area contributed by atoms with Gasteiger partial charge < -0.3 is 9.64 Å².